The minimum Gasteiger partial charge on any atom is -0.466 e. The third-order valence-electron chi connectivity index (χ3n) is 6.45. The summed E-state index contributed by atoms with van der Waals surface area (Å²) in [6.45, 7) is 6.36. The Balaban J connectivity index is 1.27. The summed E-state index contributed by atoms with van der Waals surface area (Å²) in [4.78, 5) is 35.6. The second-order valence-electron chi connectivity index (χ2n) is 8.42. The molecule has 8 nitrogen and oxygen atoms in total. The number of esters is 1. The molecule has 1 N–H and O–H groups in total. The molecular formula is C22H31N5O3. The van der Waals surface area contributed by atoms with Crippen molar-refractivity contribution >= 4 is 23.2 Å². The fourth-order valence-corrected chi connectivity index (χ4v) is 4.82. The van der Waals surface area contributed by atoms with Crippen molar-refractivity contribution in [2.45, 2.75) is 52.0 Å². The maximum absolute atomic E-state index is 12.7. The average Bonchev–Trinajstić information content (AvgIpc) is 3.36. The smallest absolute Gasteiger partial charge is 0.317 e. The Bertz CT molecular complexity index is 903. The van der Waals surface area contributed by atoms with E-state index >= 15 is 0 Å². The van der Waals surface area contributed by atoms with E-state index in [1.807, 2.05) is 30.9 Å². The number of nitrogens with zero attached hydrogens (tertiary/aromatic N) is 4. The van der Waals surface area contributed by atoms with Crippen molar-refractivity contribution in [3.8, 4) is 0 Å². The number of ether oxygens (including phenoxy) is 1. The summed E-state index contributed by atoms with van der Waals surface area (Å²) in [7, 11) is 0. The van der Waals surface area contributed by atoms with E-state index in [0.29, 0.717) is 25.6 Å². The number of aromatic nitrogens is 3. The third-order valence-corrected chi connectivity index (χ3v) is 6.45. The number of imidazole rings is 1. The zero-order valence-corrected chi connectivity index (χ0v) is 17.8. The van der Waals surface area contributed by atoms with Crippen LogP contribution in [0.4, 0.5) is 4.79 Å². The maximum atomic E-state index is 12.7. The van der Waals surface area contributed by atoms with Crippen LogP contribution < -0.4 is 5.32 Å². The molecule has 1 atom stereocenters. The number of hydrogen-bond acceptors (Lipinski definition) is 5. The number of carbonyl (C=O) groups excluding carboxylic acids is 2. The van der Waals surface area contributed by atoms with E-state index in [1.165, 1.54) is 0 Å². The van der Waals surface area contributed by atoms with E-state index in [9.17, 15) is 9.59 Å². The number of aryl methyl sites for hydroxylation is 1. The molecule has 0 unspecified atom stereocenters. The number of nitrogens with one attached hydrogen (secondary N) is 1. The number of likely N-dealkylation sites (tertiary alicyclic amines) is 1. The highest BCUT2D eigenvalue weighted by Crippen LogP contribution is 2.30. The molecule has 1 aliphatic heterocycles. The number of rotatable bonds is 5. The van der Waals surface area contributed by atoms with Gasteiger partial charge in [0.15, 0.2) is 5.65 Å². The summed E-state index contributed by atoms with van der Waals surface area (Å²) in [6.07, 6.45) is 6.31. The Kier molecular flexibility index (Phi) is 6.20. The summed E-state index contributed by atoms with van der Waals surface area (Å²) in [5, 5.41) is 3.11. The molecule has 0 aromatic carbocycles. The van der Waals surface area contributed by atoms with Crippen LogP contribution in [0.1, 0.15) is 50.9 Å². The molecule has 8 heteroatoms. The normalized spacial score (nSPS) is 24.2. The predicted octanol–water partition coefficient (Wildman–Crippen LogP) is 3.07. The van der Waals surface area contributed by atoms with Gasteiger partial charge in [-0.25, -0.2) is 14.8 Å². The van der Waals surface area contributed by atoms with Crippen LogP contribution in [0.25, 0.3) is 11.2 Å². The highest BCUT2D eigenvalue weighted by atomic mass is 16.5. The van der Waals surface area contributed by atoms with Gasteiger partial charge in [-0.15, -0.1) is 0 Å². The van der Waals surface area contributed by atoms with Crippen molar-refractivity contribution in [1.82, 2.24) is 24.8 Å². The van der Waals surface area contributed by atoms with Crippen molar-refractivity contribution in [3.05, 3.63) is 24.2 Å². The standard InChI is InChI=1S/C22H31N5O3/c1-3-30-21(28)17-8-6-16(7-9-17)13-24-22(29)26-12-10-18(14-26)27-15(2)25-19-5-4-11-23-20(19)27/h4-5,11,16-18H,3,6-10,12-14H2,1-2H3,(H,24,29)/t16?,17?,18-/m0/s1. The van der Waals surface area contributed by atoms with Gasteiger partial charge in [0, 0.05) is 25.8 Å². The number of pyridine rings is 1. The highest BCUT2D eigenvalue weighted by molar-refractivity contribution is 5.75. The van der Waals surface area contributed by atoms with Gasteiger partial charge in [-0.3, -0.25) is 4.79 Å². The lowest BCUT2D eigenvalue weighted by atomic mass is 9.82. The average molecular weight is 414 g/mol. The van der Waals surface area contributed by atoms with Gasteiger partial charge in [0.2, 0.25) is 0 Å². The maximum Gasteiger partial charge on any atom is 0.317 e. The molecule has 2 aromatic rings. The van der Waals surface area contributed by atoms with Crippen molar-refractivity contribution in [3.63, 3.8) is 0 Å². The first-order chi connectivity index (χ1) is 14.6. The summed E-state index contributed by atoms with van der Waals surface area (Å²) in [6, 6.07) is 4.08. The second-order valence-corrected chi connectivity index (χ2v) is 8.42. The Hall–Kier alpha value is -2.64. The van der Waals surface area contributed by atoms with E-state index in [-0.39, 0.29) is 24.0 Å². The van der Waals surface area contributed by atoms with Crippen LogP contribution in [-0.2, 0) is 9.53 Å². The van der Waals surface area contributed by atoms with Gasteiger partial charge < -0.3 is 19.5 Å². The van der Waals surface area contributed by atoms with Gasteiger partial charge in [-0.05, 0) is 64.0 Å². The van der Waals surface area contributed by atoms with E-state index in [1.54, 1.807) is 6.20 Å². The molecule has 1 saturated heterocycles. The lowest BCUT2D eigenvalue weighted by Gasteiger charge is -2.28. The van der Waals surface area contributed by atoms with Crippen molar-refractivity contribution in [1.29, 1.82) is 0 Å². The Morgan fingerprint density at radius 3 is 2.80 bits per heavy atom. The molecule has 2 aromatic heterocycles. The molecule has 1 saturated carbocycles. The molecular weight excluding hydrogens is 382 g/mol. The third kappa shape index (κ3) is 4.27. The van der Waals surface area contributed by atoms with Crippen molar-refractivity contribution < 1.29 is 14.3 Å². The first kappa shape index (κ1) is 20.6. The molecule has 2 amide bonds. The first-order valence-corrected chi connectivity index (χ1v) is 11.1. The monoisotopic (exact) mass is 413 g/mol. The van der Waals surface area contributed by atoms with Crippen LogP contribution in [0.2, 0.25) is 0 Å². The molecule has 0 spiro atoms. The molecule has 2 aliphatic rings. The van der Waals surface area contributed by atoms with Crippen LogP contribution >= 0.6 is 0 Å². The zero-order valence-electron chi connectivity index (χ0n) is 17.8. The van der Waals surface area contributed by atoms with Gasteiger partial charge in [0.1, 0.15) is 11.3 Å². The zero-order chi connectivity index (χ0) is 21.1. The largest absolute Gasteiger partial charge is 0.466 e. The predicted molar refractivity (Wildman–Crippen MR) is 113 cm³/mol. The lowest BCUT2D eigenvalue weighted by Crippen LogP contribution is -2.41. The second kappa shape index (κ2) is 9.02. The SMILES string of the molecule is CCOC(=O)C1CCC(CNC(=O)N2CC[C@H](n3c(C)nc4cccnc43)C2)CC1. The van der Waals surface area contributed by atoms with Crippen molar-refractivity contribution in [2.75, 3.05) is 26.2 Å². The molecule has 1 aliphatic carbocycles. The Morgan fingerprint density at radius 1 is 1.23 bits per heavy atom. The molecule has 162 valence electrons. The molecule has 0 radical (unpaired) electrons. The van der Waals surface area contributed by atoms with Crippen LogP contribution in [0, 0.1) is 18.8 Å². The summed E-state index contributed by atoms with van der Waals surface area (Å²) in [5.41, 5.74) is 1.79. The quantitative estimate of drug-likeness (QED) is 0.761. The molecule has 2 fully saturated rings. The summed E-state index contributed by atoms with van der Waals surface area (Å²) in [5.74, 6) is 1.33. The van der Waals surface area contributed by atoms with Crippen LogP contribution in [-0.4, -0.2) is 57.7 Å². The number of fused-ring (bicyclic) bond motifs is 1. The number of carbonyl (C=O) groups is 2. The molecule has 0 bridgehead atoms. The van der Waals surface area contributed by atoms with E-state index in [2.05, 4.69) is 19.9 Å². The van der Waals surface area contributed by atoms with Gasteiger partial charge in [-0.2, -0.15) is 0 Å². The first-order valence-electron chi connectivity index (χ1n) is 11.1. The molecule has 4 rings (SSSR count). The molecule has 30 heavy (non-hydrogen) atoms. The fraction of sp³-hybridized carbons (Fsp3) is 0.636. The van der Waals surface area contributed by atoms with Gasteiger partial charge in [0.25, 0.3) is 0 Å². The number of amides is 2. The van der Waals surface area contributed by atoms with E-state index in [0.717, 1.165) is 55.6 Å². The Morgan fingerprint density at radius 2 is 2.03 bits per heavy atom. The lowest BCUT2D eigenvalue weighted by molar-refractivity contribution is -0.149. The van der Waals surface area contributed by atoms with E-state index < -0.39 is 0 Å². The highest BCUT2D eigenvalue weighted by Gasteiger charge is 2.31. The van der Waals surface area contributed by atoms with Crippen molar-refractivity contribution in [2.24, 2.45) is 11.8 Å². The minimum atomic E-state index is -0.0695. The van der Waals surface area contributed by atoms with Crippen LogP contribution in [0.3, 0.4) is 0 Å². The number of hydrogen-bond donors (Lipinski definition) is 1. The van der Waals surface area contributed by atoms with Gasteiger partial charge in [-0.1, -0.05) is 0 Å². The summed E-state index contributed by atoms with van der Waals surface area (Å²) < 4.78 is 7.30. The molecule has 3 heterocycles. The summed E-state index contributed by atoms with van der Waals surface area (Å²) >= 11 is 0. The minimum absolute atomic E-state index is 0.0000456. The van der Waals surface area contributed by atoms with Gasteiger partial charge in [0.05, 0.1) is 18.6 Å². The van der Waals surface area contributed by atoms with Gasteiger partial charge >= 0.3 is 12.0 Å². The van der Waals surface area contributed by atoms with E-state index in [4.69, 9.17) is 4.74 Å². The number of urea groups is 1. The topological polar surface area (TPSA) is 89.4 Å². The van der Waals surface area contributed by atoms with Crippen LogP contribution in [0.5, 0.6) is 0 Å². The Labute approximate surface area is 177 Å². The fourth-order valence-electron chi connectivity index (χ4n) is 4.82. The van der Waals surface area contributed by atoms with Crippen LogP contribution in [0.15, 0.2) is 18.3 Å².